The molecule has 0 N–H and O–H groups in total. The third-order valence-electron chi connectivity index (χ3n) is 4.19. The molecule has 8 heteroatoms. The second kappa shape index (κ2) is 8.77. The Kier molecular flexibility index (Phi) is 6.15. The number of cyclic esters (lactones) is 1. The normalized spacial score (nSPS) is 14.6. The molecule has 0 amide bonds. The van der Waals surface area contributed by atoms with Crippen molar-refractivity contribution in [3.05, 3.63) is 68.9 Å². The number of esters is 1. The zero-order chi connectivity index (χ0) is 21.8. The lowest BCUT2D eigenvalue weighted by atomic mass is 10.1. The van der Waals surface area contributed by atoms with Crippen molar-refractivity contribution in [3.63, 3.8) is 0 Å². The summed E-state index contributed by atoms with van der Waals surface area (Å²) in [6.07, 6.45) is 1.59. The van der Waals surface area contributed by atoms with Crippen molar-refractivity contribution in [2.24, 2.45) is 4.99 Å². The predicted molar refractivity (Wildman–Crippen MR) is 112 cm³/mol. The molecule has 8 nitrogen and oxygen atoms in total. The minimum atomic E-state index is -0.596. The fraction of sp³-hybridized carbons (Fsp3) is 0.273. The molecule has 0 spiro atoms. The van der Waals surface area contributed by atoms with Crippen LogP contribution in [-0.2, 0) is 9.53 Å². The van der Waals surface area contributed by atoms with Crippen LogP contribution in [0.3, 0.4) is 0 Å². The first-order chi connectivity index (χ1) is 14.3. The number of carbonyl (C=O) groups excluding carboxylic acids is 1. The van der Waals surface area contributed by atoms with Crippen molar-refractivity contribution in [3.8, 4) is 11.5 Å². The topological polar surface area (TPSA) is 100 Å². The fourth-order valence-electron chi connectivity index (χ4n) is 2.92. The third kappa shape index (κ3) is 4.65. The van der Waals surface area contributed by atoms with Gasteiger partial charge in [-0.15, -0.1) is 0 Å². The van der Waals surface area contributed by atoms with Gasteiger partial charge in [0.2, 0.25) is 5.90 Å². The van der Waals surface area contributed by atoms with Crippen LogP contribution in [0.5, 0.6) is 11.5 Å². The number of benzene rings is 2. The van der Waals surface area contributed by atoms with E-state index in [-0.39, 0.29) is 23.4 Å². The summed E-state index contributed by atoms with van der Waals surface area (Å²) in [6, 6.07) is 9.78. The molecule has 0 bridgehead atoms. The first-order valence-corrected chi connectivity index (χ1v) is 9.50. The monoisotopic (exact) mass is 410 g/mol. The highest BCUT2D eigenvalue weighted by atomic mass is 16.6. The molecule has 1 aliphatic heterocycles. The fourth-order valence-corrected chi connectivity index (χ4v) is 2.92. The van der Waals surface area contributed by atoms with E-state index >= 15 is 0 Å². The Bertz CT molecular complexity index is 1060. The smallest absolute Gasteiger partial charge is 0.363 e. The Labute approximate surface area is 173 Å². The summed E-state index contributed by atoms with van der Waals surface area (Å²) < 4.78 is 16.6. The molecule has 0 fully saturated rings. The highest BCUT2D eigenvalue weighted by Crippen LogP contribution is 2.31. The molecule has 0 atom stereocenters. The summed E-state index contributed by atoms with van der Waals surface area (Å²) in [5, 5.41) is 11.0. The van der Waals surface area contributed by atoms with E-state index in [1.807, 2.05) is 20.8 Å². The Balaban J connectivity index is 1.91. The Morgan fingerprint density at radius 1 is 1.20 bits per heavy atom. The Morgan fingerprint density at radius 3 is 2.60 bits per heavy atom. The van der Waals surface area contributed by atoms with Crippen LogP contribution in [0.4, 0.5) is 5.69 Å². The number of carbonyl (C=O) groups is 1. The highest BCUT2D eigenvalue weighted by molar-refractivity contribution is 6.13. The molecule has 0 aliphatic carbocycles. The van der Waals surface area contributed by atoms with Crippen molar-refractivity contribution < 1.29 is 23.9 Å². The Morgan fingerprint density at radius 2 is 1.97 bits per heavy atom. The van der Waals surface area contributed by atoms with Crippen LogP contribution in [0.15, 0.2) is 47.1 Å². The van der Waals surface area contributed by atoms with Gasteiger partial charge >= 0.3 is 5.97 Å². The summed E-state index contributed by atoms with van der Waals surface area (Å²) in [5.41, 5.74) is 1.76. The number of rotatable bonds is 7. The number of nitrogens with zero attached hydrogens (tertiary/aromatic N) is 2. The second-order valence-corrected chi connectivity index (χ2v) is 6.90. The lowest BCUT2D eigenvalue weighted by Gasteiger charge is -2.14. The van der Waals surface area contributed by atoms with Crippen molar-refractivity contribution in [1.82, 2.24) is 0 Å². The zero-order valence-electron chi connectivity index (χ0n) is 17.2. The molecule has 0 unspecified atom stereocenters. The summed E-state index contributed by atoms with van der Waals surface area (Å²) in [7, 11) is 0. The van der Waals surface area contributed by atoms with Crippen molar-refractivity contribution in [2.45, 2.75) is 33.8 Å². The molecule has 0 saturated heterocycles. The van der Waals surface area contributed by atoms with E-state index in [0.29, 0.717) is 34.8 Å². The average molecular weight is 410 g/mol. The molecule has 1 aliphatic rings. The maximum absolute atomic E-state index is 12.3. The molecule has 1 heterocycles. The number of nitro benzene ring substituents is 1. The number of hydrogen-bond donors (Lipinski definition) is 0. The van der Waals surface area contributed by atoms with Crippen molar-refractivity contribution >= 4 is 23.6 Å². The molecule has 30 heavy (non-hydrogen) atoms. The first kappa shape index (κ1) is 21.0. The van der Waals surface area contributed by atoms with E-state index < -0.39 is 10.9 Å². The number of hydrogen-bond acceptors (Lipinski definition) is 7. The number of aryl methyl sites for hydroxylation is 1. The van der Waals surface area contributed by atoms with Crippen molar-refractivity contribution in [2.75, 3.05) is 6.61 Å². The molecule has 156 valence electrons. The van der Waals surface area contributed by atoms with Gasteiger partial charge in [-0.2, -0.15) is 0 Å². The largest absolute Gasteiger partial charge is 0.490 e. The quantitative estimate of drug-likeness (QED) is 0.290. The number of ether oxygens (including phenoxy) is 3. The third-order valence-corrected chi connectivity index (χ3v) is 4.19. The summed E-state index contributed by atoms with van der Waals surface area (Å²) in [5.74, 6) is 0.700. The molecule has 0 aromatic heterocycles. The highest BCUT2D eigenvalue weighted by Gasteiger charge is 2.25. The van der Waals surface area contributed by atoms with Crippen LogP contribution in [0.1, 0.15) is 37.5 Å². The van der Waals surface area contributed by atoms with Crippen LogP contribution >= 0.6 is 0 Å². The van der Waals surface area contributed by atoms with Gasteiger partial charge in [-0.25, -0.2) is 9.79 Å². The molecule has 2 aromatic rings. The molecule has 2 aromatic carbocycles. The van der Waals surface area contributed by atoms with Gasteiger partial charge in [0.05, 0.1) is 17.6 Å². The second-order valence-electron chi connectivity index (χ2n) is 6.90. The first-order valence-electron chi connectivity index (χ1n) is 9.50. The van der Waals surface area contributed by atoms with Crippen LogP contribution in [0, 0.1) is 17.0 Å². The van der Waals surface area contributed by atoms with Gasteiger partial charge in [0.25, 0.3) is 5.69 Å². The summed E-state index contributed by atoms with van der Waals surface area (Å²) in [4.78, 5) is 27.1. The van der Waals surface area contributed by atoms with E-state index in [9.17, 15) is 14.9 Å². The van der Waals surface area contributed by atoms with E-state index in [1.54, 1.807) is 37.3 Å². The molecule has 0 radical (unpaired) electrons. The number of nitro groups is 1. The van der Waals surface area contributed by atoms with Gasteiger partial charge in [0.1, 0.15) is 0 Å². The lowest BCUT2D eigenvalue weighted by Crippen LogP contribution is -2.07. The Hall–Kier alpha value is -3.68. The van der Waals surface area contributed by atoms with Gasteiger partial charge in [0, 0.05) is 17.2 Å². The predicted octanol–water partition coefficient (Wildman–Crippen LogP) is 4.43. The SMILES string of the molecule is CCOc1cc(/C=C2\N=C(c3ccc([N+](=O)[O-])c(C)c3)OC2=O)ccc1OC(C)C. The van der Waals surface area contributed by atoms with E-state index in [2.05, 4.69) is 4.99 Å². The standard InChI is InChI=1S/C22H22N2O6/c1-5-28-20-12-15(6-9-19(20)29-13(2)3)11-17-22(25)30-21(23-17)16-7-8-18(24(26)27)14(4)10-16/h6-13H,5H2,1-4H3/b17-11-. The molecular formula is C22H22N2O6. The van der Waals surface area contributed by atoms with Crippen LogP contribution < -0.4 is 9.47 Å². The summed E-state index contributed by atoms with van der Waals surface area (Å²) in [6.45, 7) is 7.82. The average Bonchev–Trinajstić information content (AvgIpc) is 3.04. The lowest BCUT2D eigenvalue weighted by molar-refractivity contribution is -0.385. The van der Waals surface area contributed by atoms with Crippen molar-refractivity contribution in [1.29, 1.82) is 0 Å². The van der Waals surface area contributed by atoms with Gasteiger partial charge in [0.15, 0.2) is 17.2 Å². The summed E-state index contributed by atoms with van der Waals surface area (Å²) >= 11 is 0. The van der Waals surface area contributed by atoms with Gasteiger partial charge in [-0.3, -0.25) is 10.1 Å². The van der Waals surface area contributed by atoms with Crippen LogP contribution in [-0.4, -0.2) is 29.5 Å². The van der Waals surface area contributed by atoms with Crippen LogP contribution in [0.25, 0.3) is 6.08 Å². The zero-order valence-corrected chi connectivity index (χ0v) is 17.2. The van der Waals surface area contributed by atoms with Gasteiger partial charge in [-0.05, 0) is 63.6 Å². The van der Waals surface area contributed by atoms with E-state index in [1.165, 1.54) is 12.1 Å². The van der Waals surface area contributed by atoms with Gasteiger partial charge in [-0.1, -0.05) is 6.07 Å². The van der Waals surface area contributed by atoms with E-state index in [4.69, 9.17) is 14.2 Å². The molecular weight excluding hydrogens is 388 g/mol. The maximum Gasteiger partial charge on any atom is 0.363 e. The minimum Gasteiger partial charge on any atom is -0.490 e. The van der Waals surface area contributed by atoms with Gasteiger partial charge < -0.3 is 14.2 Å². The van der Waals surface area contributed by atoms with Crippen LogP contribution in [0.2, 0.25) is 0 Å². The molecule has 0 saturated carbocycles. The van der Waals surface area contributed by atoms with E-state index in [0.717, 1.165) is 0 Å². The maximum atomic E-state index is 12.3. The number of aliphatic imine (C=N–C) groups is 1. The molecule has 3 rings (SSSR count). The minimum absolute atomic E-state index is 0.00414.